The lowest BCUT2D eigenvalue weighted by molar-refractivity contribution is 0.300. The van der Waals surface area contributed by atoms with E-state index in [0.717, 1.165) is 6.54 Å². The number of thiazole rings is 1. The maximum Gasteiger partial charge on any atom is 0.103 e. The molecule has 2 nitrogen and oxygen atoms in total. The van der Waals surface area contributed by atoms with Gasteiger partial charge in [-0.1, -0.05) is 36.8 Å². The third kappa shape index (κ3) is 3.04. The van der Waals surface area contributed by atoms with E-state index in [9.17, 15) is 0 Å². The Morgan fingerprint density at radius 1 is 1.19 bits per heavy atom. The van der Waals surface area contributed by atoms with Crippen molar-refractivity contribution in [2.75, 3.05) is 0 Å². The third-order valence-electron chi connectivity index (χ3n) is 4.29. The first-order chi connectivity index (χ1) is 10.00. The zero-order valence-electron chi connectivity index (χ0n) is 13.1. The normalized spacial score (nSPS) is 17.5. The Morgan fingerprint density at radius 3 is 2.48 bits per heavy atom. The molecule has 1 heterocycles. The molecule has 112 valence electrons. The van der Waals surface area contributed by atoms with Gasteiger partial charge in [-0.25, -0.2) is 4.98 Å². The van der Waals surface area contributed by atoms with E-state index in [4.69, 9.17) is 4.98 Å². The van der Waals surface area contributed by atoms with Crippen molar-refractivity contribution in [1.82, 2.24) is 10.3 Å². The topological polar surface area (TPSA) is 24.9 Å². The zero-order valence-corrected chi connectivity index (χ0v) is 14.0. The van der Waals surface area contributed by atoms with Crippen LogP contribution in [0.15, 0.2) is 36.5 Å². The van der Waals surface area contributed by atoms with E-state index in [1.165, 1.54) is 34.7 Å². The Labute approximate surface area is 131 Å². The molecular formula is C18H24N2S. The lowest BCUT2D eigenvalue weighted by Crippen LogP contribution is -2.35. The largest absolute Gasteiger partial charge is 0.307 e. The summed E-state index contributed by atoms with van der Waals surface area (Å²) in [5.41, 5.74) is 1.77. The molecule has 0 bridgehead atoms. The van der Waals surface area contributed by atoms with Crippen molar-refractivity contribution in [3.63, 3.8) is 0 Å². The molecule has 1 saturated carbocycles. The molecule has 1 aromatic heterocycles. The Balaban J connectivity index is 1.81. The summed E-state index contributed by atoms with van der Waals surface area (Å²) in [6.45, 7) is 7.51. The van der Waals surface area contributed by atoms with Gasteiger partial charge in [0.25, 0.3) is 0 Å². The van der Waals surface area contributed by atoms with E-state index in [-0.39, 0.29) is 11.0 Å². The van der Waals surface area contributed by atoms with E-state index in [1.807, 2.05) is 11.3 Å². The predicted molar refractivity (Wildman–Crippen MR) is 89.8 cm³/mol. The fourth-order valence-corrected chi connectivity index (χ4v) is 4.00. The van der Waals surface area contributed by atoms with Gasteiger partial charge in [0.15, 0.2) is 0 Å². The third-order valence-corrected chi connectivity index (χ3v) is 5.49. The van der Waals surface area contributed by atoms with Crippen LogP contribution in [0.25, 0.3) is 0 Å². The van der Waals surface area contributed by atoms with Crippen LogP contribution in [-0.2, 0) is 12.0 Å². The lowest BCUT2D eigenvalue weighted by Gasteiger charge is -2.40. The van der Waals surface area contributed by atoms with Gasteiger partial charge in [-0.05, 0) is 39.2 Å². The first-order valence-corrected chi connectivity index (χ1v) is 8.57. The van der Waals surface area contributed by atoms with Crippen LogP contribution in [0.3, 0.4) is 0 Å². The molecule has 0 amide bonds. The van der Waals surface area contributed by atoms with Crippen LogP contribution in [0.2, 0.25) is 0 Å². The Bertz CT molecular complexity index is 591. The number of nitrogens with zero attached hydrogens (tertiary/aromatic N) is 1. The standard InChI is InChI=1S/C18H24N2S/c1-17(2,3)20-13-15-12-19-16(21-15)18(10-7-11-18)14-8-5-4-6-9-14/h4-6,8-9,12,20H,7,10-11,13H2,1-3H3. The SMILES string of the molecule is CC(C)(C)NCc1cnc(C2(c3ccccc3)CCC2)s1. The van der Waals surface area contributed by atoms with Gasteiger partial charge < -0.3 is 5.32 Å². The monoisotopic (exact) mass is 300 g/mol. The summed E-state index contributed by atoms with van der Waals surface area (Å²) < 4.78 is 0. The Hall–Kier alpha value is -1.19. The number of aromatic nitrogens is 1. The van der Waals surface area contributed by atoms with E-state index >= 15 is 0 Å². The van der Waals surface area contributed by atoms with Gasteiger partial charge >= 0.3 is 0 Å². The summed E-state index contributed by atoms with van der Waals surface area (Å²) in [7, 11) is 0. The van der Waals surface area contributed by atoms with Gasteiger partial charge in [0.2, 0.25) is 0 Å². The van der Waals surface area contributed by atoms with Gasteiger partial charge in [-0.15, -0.1) is 11.3 Å². The van der Waals surface area contributed by atoms with Gasteiger partial charge in [0.05, 0.1) is 0 Å². The van der Waals surface area contributed by atoms with Gasteiger partial charge in [0, 0.05) is 28.6 Å². The van der Waals surface area contributed by atoms with Crippen molar-refractivity contribution in [2.45, 2.75) is 57.5 Å². The van der Waals surface area contributed by atoms with Crippen molar-refractivity contribution in [3.8, 4) is 0 Å². The van der Waals surface area contributed by atoms with Crippen LogP contribution in [0.5, 0.6) is 0 Å². The quantitative estimate of drug-likeness (QED) is 0.899. The molecule has 1 N–H and O–H groups in total. The van der Waals surface area contributed by atoms with Crippen LogP contribution in [0.1, 0.15) is 55.5 Å². The predicted octanol–water partition coefficient (Wildman–Crippen LogP) is 4.50. The number of hydrogen-bond donors (Lipinski definition) is 1. The summed E-state index contributed by atoms with van der Waals surface area (Å²) in [6, 6.07) is 10.9. The Morgan fingerprint density at radius 2 is 1.90 bits per heavy atom. The molecule has 0 spiro atoms. The molecule has 0 unspecified atom stereocenters. The summed E-state index contributed by atoms with van der Waals surface area (Å²) in [5.74, 6) is 0. The molecule has 1 aliphatic rings. The number of nitrogens with one attached hydrogen (secondary N) is 1. The summed E-state index contributed by atoms with van der Waals surface area (Å²) >= 11 is 1.88. The van der Waals surface area contributed by atoms with Crippen LogP contribution < -0.4 is 5.32 Å². The molecule has 0 aliphatic heterocycles. The fraction of sp³-hybridized carbons (Fsp3) is 0.500. The first-order valence-electron chi connectivity index (χ1n) is 7.75. The highest BCUT2D eigenvalue weighted by Crippen LogP contribution is 2.49. The second-order valence-electron chi connectivity index (χ2n) is 7.04. The molecular weight excluding hydrogens is 276 g/mol. The molecule has 1 aromatic carbocycles. The van der Waals surface area contributed by atoms with Gasteiger partial charge in [-0.2, -0.15) is 0 Å². The zero-order chi connectivity index (χ0) is 14.9. The molecule has 2 aromatic rings. The molecule has 3 rings (SSSR count). The second-order valence-corrected chi connectivity index (χ2v) is 8.15. The molecule has 3 heteroatoms. The van der Waals surface area contributed by atoms with E-state index in [0.29, 0.717) is 0 Å². The Kier molecular flexibility index (Phi) is 3.89. The van der Waals surface area contributed by atoms with Crippen molar-refractivity contribution in [3.05, 3.63) is 52.0 Å². The molecule has 1 aliphatic carbocycles. The minimum absolute atomic E-state index is 0.151. The maximum atomic E-state index is 4.77. The summed E-state index contributed by atoms with van der Waals surface area (Å²) in [6.07, 6.45) is 5.83. The van der Waals surface area contributed by atoms with E-state index in [2.05, 4.69) is 62.6 Å². The molecule has 21 heavy (non-hydrogen) atoms. The van der Waals surface area contributed by atoms with Crippen molar-refractivity contribution in [2.24, 2.45) is 0 Å². The average Bonchev–Trinajstić information content (AvgIpc) is 2.85. The first kappa shape index (κ1) is 14.7. The minimum atomic E-state index is 0.151. The number of rotatable bonds is 4. The minimum Gasteiger partial charge on any atom is -0.307 e. The van der Waals surface area contributed by atoms with Crippen LogP contribution in [-0.4, -0.2) is 10.5 Å². The van der Waals surface area contributed by atoms with Crippen molar-refractivity contribution >= 4 is 11.3 Å². The van der Waals surface area contributed by atoms with E-state index in [1.54, 1.807) is 0 Å². The van der Waals surface area contributed by atoms with Gasteiger partial charge in [-0.3, -0.25) is 0 Å². The highest BCUT2D eigenvalue weighted by molar-refractivity contribution is 7.11. The van der Waals surface area contributed by atoms with Crippen LogP contribution in [0.4, 0.5) is 0 Å². The fourth-order valence-electron chi connectivity index (χ4n) is 2.88. The van der Waals surface area contributed by atoms with Crippen molar-refractivity contribution in [1.29, 1.82) is 0 Å². The highest BCUT2D eigenvalue weighted by atomic mass is 32.1. The summed E-state index contributed by atoms with van der Waals surface area (Å²) in [4.78, 5) is 6.10. The molecule has 0 radical (unpaired) electrons. The van der Waals surface area contributed by atoms with Crippen molar-refractivity contribution < 1.29 is 0 Å². The molecule has 0 atom stereocenters. The smallest absolute Gasteiger partial charge is 0.103 e. The molecule has 1 fully saturated rings. The average molecular weight is 300 g/mol. The summed E-state index contributed by atoms with van der Waals surface area (Å²) in [5, 5.41) is 4.85. The number of hydrogen-bond acceptors (Lipinski definition) is 3. The number of benzene rings is 1. The molecule has 0 saturated heterocycles. The maximum absolute atomic E-state index is 4.77. The second kappa shape index (κ2) is 5.54. The van der Waals surface area contributed by atoms with Gasteiger partial charge in [0.1, 0.15) is 5.01 Å². The van der Waals surface area contributed by atoms with Crippen LogP contribution >= 0.6 is 11.3 Å². The van der Waals surface area contributed by atoms with E-state index < -0.39 is 0 Å². The van der Waals surface area contributed by atoms with Crippen LogP contribution in [0, 0.1) is 0 Å². The highest BCUT2D eigenvalue weighted by Gasteiger charge is 2.42. The lowest BCUT2D eigenvalue weighted by atomic mass is 9.65.